The van der Waals surface area contributed by atoms with Crippen LogP contribution in [0.1, 0.15) is 44.1 Å². The highest BCUT2D eigenvalue weighted by Gasteiger charge is 2.34. The van der Waals surface area contributed by atoms with Crippen LogP contribution in [0.3, 0.4) is 0 Å². The first kappa shape index (κ1) is 15.8. The lowest BCUT2D eigenvalue weighted by atomic mass is 9.90. The fourth-order valence-corrected chi connectivity index (χ4v) is 3.12. The molecule has 1 aromatic carbocycles. The summed E-state index contributed by atoms with van der Waals surface area (Å²) in [6.07, 6.45) is 6.09. The zero-order valence-electron chi connectivity index (χ0n) is 13.4. The summed E-state index contributed by atoms with van der Waals surface area (Å²) in [7, 11) is 0. The Morgan fingerprint density at radius 1 is 0.913 bits per heavy atom. The zero-order chi connectivity index (χ0) is 16.1. The minimum absolute atomic E-state index is 0.0298. The number of rotatable bonds is 5. The minimum Gasteiger partial charge on any atom is -0.351 e. The Balaban J connectivity index is 1.47. The van der Waals surface area contributed by atoms with Crippen LogP contribution in [0.5, 0.6) is 0 Å². The second kappa shape index (κ2) is 7.49. The zero-order valence-corrected chi connectivity index (χ0v) is 13.4. The summed E-state index contributed by atoms with van der Waals surface area (Å²) in [6.45, 7) is 0.512. The highest BCUT2D eigenvalue weighted by Crippen LogP contribution is 2.29. The maximum atomic E-state index is 12.1. The highest BCUT2D eigenvalue weighted by molar-refractivity contribution is 5.81. The molecule has 0 radical (unpaired) electrons. The third kappa shape index (κ3) is 4.71. The van der Waals surface area contributed by atoms with Crippen molar-refractivity contribution < 1.29 is 9.59 Å². The van der Waals surface area contributed by atoms with Gasteiger partial charge in [0.2, 0.25) is 5.91 Å². The standard InChI is InChI=1S/C18H25N3O2/c22-17(14-10-11-14)20-15-8-4-5-9-16(15)21-18(23)19-12-13-6-2-1-3-7-13/h1-3,6-7,14-16H,4-5,8-12H2,(H,20,22)(H2,19,21,23). The maximum absolute atomic E-state index is 12.1. The van der Waals surface area contributed by atoms with Crippen molar-refractivity contribution in [3.8, 4) is 0 Å². The molecule has 124 valence electrons. The Hall–Kier alpha value is -2.04. The van der Waals surface area contributed by atoms with E-state index in [0.29, 0.717) is 6.54 Å². The Kier molecular flexibility index (Phi) is 5.16. The first-order valence-electron chi connectivity index (χ1n) is 8.61. The molecule has 3 amide bonds. The molecule has 2 saturated carbocycles. The molecule has 1 aromatic rings. The number of amides is 3. The molecular formula is C18H25N3O2. The third-order valence-electron chi connectivity index (χ3n) is 4.65. The van der Waals surface area contributed by atoms with Gasteiger partial charge in [-0.1, -0.05) is 43.2 Å². The van der Waals surface area contributed by atoms with Gasteiger partial charge in [0.1, 0.15) is 0 Å². The number of hydrogen-bond acceptors (Lipinski definition) is 2. The summed E-state index contributed by atoms with van der Waals surface area (Å²) < 4.78 is 0. The van der Waals surface area contributed by atoms with E-state index < -0.39 is 0 Å². The second-order valence-corrected chi connectivity index (χ2v) is 6.59. The first-order valence-corrected chi connectivity index (χ1v) is 8.61. The molecule has 0 spiro atoms. The van der Waals surface area contributed by atoms with Crippen molar-refractivity contribution in [2.75, 3.05) is 0 Å². The number of urea groups is 1. The molecular weight excluding hydrogens is 290 g/mol. The van der Waals surface area contributed by atoms with Gasteiger partial charge in [0.05, 0.1) is 6.04 Å². The summed E-state index contributed by atoms with van der Waals surface area (Å²) in [5.74, 6) is 0.373. The van der Waals surface area contributed by atoms with Gasteiger partial charge in [-0.25, -0.2) is 4.79 Å². The fourth-order valence-electron chi connectivity index (χ4n) is 3.12. The monoisotopic (exact) mass is 315 g/mol. The molecule has 2 aliphatic rings. The molecule has 0 aliphatic heterocycles. The van der Waals surface area contributed by atoms with E-state index >= 15 is 0 Å². The van der Waals surface area contributed by atoms with Gasteiger partial charge in [-0.05, 0) is 31.2 Å². The quantitative estimate of drug-likeness (QED) is 0.780. The smallest absolute Gasteiger partial charge is 0.315 e. The lowest BCUT2D eigenvalue weighted by Crippen LogP contribution is -2.55. The van der Waals surface area contributed by atoms with E-state index in [1.165, 1.54) is 0 Å². The summed E-state index contributed by atoms with van der Waals surface area (Å²) in [4.78, 5) is 24.1. The number of benzene rings is 1. The molecule has 2 aliphatic carbocycles. The van der Waals surface area contributed by atoms with Crippen LogP contribution in [0, 0.1) is 5.92 Å². The molecule has 5 nitrogen and oxygen atoms in total. The Morgan fingerprint density at radius 2 is 1.57 bits per heavy atom. The molecule has 3 N–H and O–H groups in total. The van der Waals surface area contributed by atoms with Crippen LogP contribution in [-0.4, -0.2) is 24.0 Å². The summed E-state index contributed by atoms with van der Waals surface area (Å²) >= 11 is 0. The van der Waals surface area contributed by atoms with Crippen molar-refractivity contribution in [3.05, 3.63) is 35.9 Å². The van der Waals surface area contributed by atoms with Gasteiger partial charge in [0.25, 0.3) is 0 Å². The Bertz CT molecular complexity index is 542. The molecule has 0 heterocycles. The van der Waals surface area contributed by atoms with E-state index in [4.69, 9.17) is 0 Å². The number of carbonyl (C=O) groups is 2. The van der Waals surface area contributed by atoms with Crippen molar-refractivity contribution in [2.45, 2.75) is 57.2 Å². The minimum atomic E-state index is -0.161. The van der Waals surface area contributed by atoms with Crippen molar-refractivity contribution in [2.24, 2.45) is 5.92 Å². The Labute approximate surface area is 137 Å². The number of carbonyl (C=O) groups excluding carboxylic acids is 2. The van der Waals surface area contributed by atoms with Crippen LogP contribution in [-0.2, 0) is 11.3 Å². The number of nitrogens with one attached hydrogen (secondary N) is 3. The molecule has 3 rings (SSSR count). The fraction of sp³-hybridized carbons (Fsp3) is 0.556. The van der Waals surface area contributed by atoms with Crippen LogP contribution in [0.4, 0.5) is 4.79 Å². The van der Waals surface area contributed by atoms with Gasteiger partial charge < -0.3 is 16.0 Å². The lowest BCUT2D eigenvalue weighted by molar-refractivity contribution is -0.123. The molecule has 2 fully saturated rings. The average Bonchev–Trinajstić information content (AvgIpc) is 3.41. The molecule has 0 aromatic heterocycles. The molecule has 2 unspecified atom stereocenters. The SMILES string of the molecule is O=C(NCc1ccccc1)NC1CCCCC1NC(=O)C1CC1. The van der Waals surface area contributed by atoms with Crippen LogP contribution < -0.4 is 16.0 Å². The molecule has 5 heteroatoms. The van der Waals surface area contributed by atoms with Crippen LogP contribution in [0.2, 0.25) is 0 Å². The van der Waals surface area contributed by atoms with Gasteiger partial charge in [0.15, 0.2) is 0 Å². The predicted octanol–water partition coefficient (Wildman–Crippen LogP) is 2.32. The van der Waals surface area contributed by atoms with Crippen molar-refractivity contribution in [1.29, 1.82) is 0 Å². The van der Waals surface area contributed by atoms with E-state index in [0.717, 1.165) is 44.1 Å². The topological polar surface area (TPSA) is 70.2 Å². The predicted molar refractivity (Wildman–Crippen MR) is 88.7 cm³/mol. The lowest BCUT2D eigenvalue weighted by Gasteiger charge is -2.32. The summed E-state index contributed by atoms with van der Waals surface area (Å²) in [5.41, 5.74) is 1.07. The molecule has 2 atom stereocenters. The third-order valence-corrected chi connectivity index (χ3v) is 4.65. The average molecular weight is 315 g/mol. The Morgan fingerprint density at radius 3 is 2.22 bits per heavy atom. The van der Waals surface area contributed by atoms with E-state index in [1.54, 1.807) is 0 Å². The van der Waals surface area contributed by atoms with Gasteiger partial charge in [-0.15, -0.1) is 0 Å². The van der Waals surface area contributed by atoms with Gasteiger partial charge >= 0.3 is 6.03 Å². The largest absolute Gasteiger partial charge is 0.351 e. The van der Waals surface area contributed by atoms with Crippen molar-refractivity contribution in [3.63, 3.8) is 0 Å². The molecule has 0 saturated heterocycles. The van der Waals surface area contributed by atoms with E-state index in [9.17, 15) is 9.59 Å². The van der Waals surface area contributed by atoms with Crippen LogP contribution >= 0.6 is 0 Å². The first-order chi connectivity index (χ1) is 11.2. The van der Waals surface area contributed by atoms with Crippen molar-refractivity contribution in [1.82, 2.24) is 16.0 Å². The van der Waals surface area contributed by atoms with E-state index in [1.807, 2.05) is 30.3 Å². The highest BCUT2D eigenvalue weighted by atomic mass is 16.2. The van der Waals surface area contributed by atoms with Gasteiger partial charge in [0, 0.05) is 18.5 Å². The normalized spacial score (nSPS) is 23.8. The van der Waals surface area contributed by atoms with Crippen LogP contribution in [0.15, 0.2) is 30.3 Å². The maximum Gasteiger partial charge on any atom is 0.315 e. The van der Waals surface area contributed by atoms with Gasteiger partial charge in [-0.3, -0.25) is 4.79 Å². The number of hydrogen-bond donors (Lipinski definition) is 3. The summed E-state index contributed by atoms with van der Waals surface area (Å²) in [6, 6.07) is 9.78. The van der Waals surface area contributed by atoms with E-state index in [2.05, 4.69) is 16.0 Å². The summed E-state index contributed by atoms with van der Waals surface area (Å²) in [5, 5.41) is 9.06. The van der Waals surface area contributed by atoms with Crippen molar-refractivity contribution >= 4 is 11.9 Å². The molecule has 23 heavy (non-hydrogen) atoms. The second-order valence-electron chi connectivity index (χ2n) is 6.59. The van der Waals surface area contributed by atoms with Gasteiger partial charge in [-0.2, -0.15) is 0 Å². The van der Waals surface area contributed by atoms with E-state index in [-0.39, 0.29) is 29.9 Å². The molecule has 0 bridgehead atoms. The van der Waals surface area contributed by atoms with Crippen LogP contribution in [0.25, 0.3) is 0 Å².